The Kier molecular flexibility index (Phi) is 6.82. The topological polar surface area (TPSA) is 50.2 Å². The maximum absolute atomic E-state index is 12.4. The summed E-state index contributed by atoms with van der Waals surface area (Å²) >= 11 is 0. The molecule has 5 nitrogen and oxygen atoms in total. The van der Waals surface area contributed by atoms with E-state index in [2.05, 4.69) is 47.4 Å². The number of carbonyl (C=O) groups excluding carboxylic acids is 1. The van der Waals surface area contributed by atoms with Crippen LogP contribution in [-0.4, -0.2) is 40.2 Å². The number of rotatable bonds is 7. The zero-order valence-electron chi connectivity index (χ0n) is 16.4. The van der Waals surface area contributed by atoms with Gasteiger partial charge in [0.2, 0.25) is 5.91 Å². The maximum atomic E-state index is 12.4. The smallest absolute Gasteiger partial charge is 0.225 e. The molecule has 1 aliphatic rings. The molecule has 0 atom stereocenters. The van der Waals surface area contributed by atoms with Crippen molar-refractivity contribution in [2.24, 2.45) is 0 Å². The number of piperidine rings is 1. The molecule has 0 bridgehead atoms. The molecule has 0 spiro atoms. The molecule has 1 aromatic heterocycles. The normalized spacial score (nSPS) is 16.4. The minimum absolute atomic E-state index is 0.0433. The average molecular weight is 367 g/mol. The van der Waals surface area contributed by atoms with Gasteiger partial charge in [-0.15, -0.1) is 0 Å². The van der Waals surface area contributed by atoms with E-state index in [0.717, 1.165) is 44.7 Å². The Bertz CT molecular complexity index is 758. The van der Waals surface area contributed by atoms with E-state index < -0.39 is 0 Å². The van der Waals surface area contributed by atoms with Crippen molar-refractivity contribution in [1.82, 2.24) is 14.7 Å². The van der Waals surface area contributed by atoms with Gasteiger partial charge in [0, 0.05) is 32.1 Å². The molecule has 1 N–H and O–H groups in total. The Morgan fingerprint density at radius 3 is 2.67 bits per heavy atom. The molecule has 1 saturated heterocycles. The largest absolute Gasteiger partial charge is 0.311 e. The molecule has 5 heteroatoms. The van der Waals surface area contributed by atoms with Crippen molar-refractivity contribution in [3.05, 3.63) is 59.8 Å². The Hall–Kier alpha value is -2.40. The van der Waals surface area contributed by atoms with Gasteiger partial charge >= 0.3 is 0 Å². The Balaban J connectivity index is 1.51. The second-order valence-corrected chi connectivity index (χ2v) is 7.34. The Morgan fingerprint density at radius 1 is 1.22 bits per heavy atom. The summed E-state index contributed by atoms with van der Waals surface area (Å²) in [5.74, 6) is 0.859. The summed E-state index contributed by atoms with van der Waals surface area (Å²) in [4.78, 5) is 14.9. The van der Waals surface area contributed by atoms with Gasteiger partial charge in [-0.25, -0.2) is 4.68 Å². The highest BCUT2D eigenvalue weighted by Gasteiger charge is 2.23. The first-order valence-corrected chi connectivity index (χ1v) is 9.87. The Labute approximate surface area is 162 Å². The van der Waals surface area contributed by atoms with Gasteiger partial charge < -0.3 is 5.32 Å². The van der Waals surface area contributed by atoms with E-state index in [1.54, 1.807) is 6.20 Å². The molecule has 27 heavy (non-hydrogen) atoms. The van der Waals surface area contributed by atoms with Crippen LogP contribution in [0.5, 0.6) is 0 Å². The summed E-state index contributed by atoms with van der Waals surface area (Å²) in [6.07, 6.45) is 7.32. The lowest BCUT2D eigenvalue weighted by atomic mass is 10.0. The van der Waals surface area contributed by atoms with Crippen molar-refractivity contribution >= 4 is 11.7 Å². The van der Waals surface area contributed by atoms with E-state index in [-0.39, 0.29) is 5.91 Å². The highest BCUT2D eigenvalue weighted by molar-refractivity contribution is 5.89. The molecular formula is C22H30N4O. The minimum atomic E-state index is 0.0433. The quantitative estimate of drug-likeness (QED) is 0.752. The molecule has 144 valence electrons. The van der Waals surface area contributed by atoms with Gasteiger partial charge in [-0.05, 0) is 38.7 Å². The summed E-state index contributed by atoms with van der Waals surface area (Å²) in [6, 6.07) is 12.4. The van der Waals surface area contributed by atoms with Crippen LogP contribution in [0, 0.1) is 0 Å². The number of aryl methyl sites for hydroxylation is 1. The standard InChI is InChI=1S/C22H30N4O/c1-3-18(2)17-25-15-12-20(13-16-25)26-21(11-14-23-26)24-22(27)10-9-19-7-5-4-6-8-19/h3-8,11,14,20H,9-10,12-13,15-17H2,1-2H3,(H,24,27)/b18-3+. The monoisotopic (exact) mass is 366 g/mol. The third-order valence-corrected chi connectivity index (χ3v) is 5.29. The minimum Gasteiger partial charge on any atom is -0.311 e. The average Bonchev–Trinajstić information content (AvgIpc) is 3.15. The molecule has 1 aromatic carbocycles. The number of allylic oxidation sites excluding steroid dienone is 1. The van der Waals surface area contributed by atoms with Crippen LogP contribution < -0.4 is 5.32 Å². The van der Waals surface area contributed by atoms with Crippen LogP contribution in [0.1, 0.15) is 44.7 Å². The number of hydrogen-bond acceptors (Lipinski definition) is 3. The van der Waals surface area contributed by atoms with E-state index in [0.29, 0.717) is 12.5 Å². The molecule has 2 heterocycles. The number of amides is 1. The molecule has 0 saturated carbocycles. The molecule has 0 unspecified atom stereocenters. The summed E-state index contributed by atoms with van der Waals surface area (Å²) in [7, 11) is 0. The van der Waals surface area contributed by atoms with E-state index in [9.17, 15) is 4.79 Å². The molecule has 0 radical (unpaired) electrons. The van der Waals surface area contributed by atoms with Gasteiger partial charge in [0.15, 0.2) is 0 Å². The van der Waals surface area contributed by atoms with Crippen molar-refractivity contribution in [3.8, 4) is 0 Å². The van der Waals surface area contributed by atoms with Crippen molar-refractivity contribution in [2.75, 3.05) is 25.0 Å². The predicted octanol–water partition coefficient (Wildman–Crippen LogP) is 4.06. The van der Waals surface area contributed by atoms with Gasteiger partial charge in [-0.2, -0.15) is 5.10 Å². The van der Waals surface area contributed by atoms with Crippen molar-refractivity contribution < 1.29 is 4.79 Å². The highest BCUT2D eigenvalue weighted by atomic mass is 16.1. The first-order valence-electron chi connectivity index (χ1n) is 9.87. The molecule has 1 amide bonds. The number of likely N-dealkylation sites (tertiary alicyclic amines) is 1. The zero-order chi connectivity index (χ0) is 19.1. The maximum Gasteiger partial charge on any atom is 0.225 e. The van der Waals surface area contributed by atoms with E-state index in [1.807, 2.05) is 28.9 Å². The van der Waals surface area contributed by atoms with Crippen LogP contribution in [0.15, 0.2) is 54.2 Å². The number of nitrogens with zero attached hydrogens (tertiary/aromatic N) is 3. The number of anilines is 1. The van der Waals surface area contributed by atoms with Crippen molar-refractivity contribution in [3.63, 3.8) is 0 Å². The lowest BCUT2D eigenvalue weighted by molar-refractivity contribution is -0.116. The van der Waals surface area contributed by atoms with Crippen molar-refractivity contribution in [2.45, 2.75) is 45.6 Å². The van der Waals surface area contributed by atoms with Crippen LogP contribution >= 0.6 is 0 Å². The van der Waals surface area contributed by atoms with Crippen LogP contribution in [-0.2, 0) is 11.2 Å². The number of nitrogens with one attached hydrogen (secondary N) is 1. The van der Waals surface area contributed by atoms with Crippen LogP contribution in [0.4, 0.5) is 5.82 Å². The van der Waals surface area contributed by atoms with Gasteiger partial charge in [-0.3, -0.25) is 9.69 Å². The number of carbonyl (C=O) groups is 1. The van der Waals surface area contributed by atoms with Crippen LogP contribution in [0.25, 0.3) is 0 Å². The second kappa shape index (κ2) is 9.51. The lowest BCUT2D eigenvalue weighted by Gasteiger charge is -2.32. The van der Waals surface area contributed by atoms with Crippen molar-refractivity contribution in [1.29, 1.82) is 0 Å². The second-order valence-electron chi connectivity index (χ2n) is 7.34. The fourth-order valence-electron chi connectivity index (χ4n) is 3.58. The zero-order valence-corrected chi connectivity index (χ0v) is 16.4. The molecule has 3 rings (SSSR count). The summed E-state index contributed by atoms with van der Waals surface area (Å²) in [5, 5.41) is 7.53. The van der Waals surface area contributed by atoms with Crippen LogP contribution in [0.3, 0.4) is 0 Å². The molecule has 1 aliphatic heterocycles. The van der Waals surface area contributed by atoms with Gasteiger partial charge in [0.05, 0.1) is 12.2 Å². The number of benzene rings is 1. The molecule has 0 aliphatic carbocycles. The fourth-order valence-corrected chi connectivity index (χ4v) is 3.58. The van der Waals surface area contributed by atoms with E-state index in [4.69, 9.17) is 0 Å². The lowest BCUT2D eigenvalue weighted by Crippen LogP contribution is -2.36. The first-order chi connectivity index (χ1) is 13.2. The third-order valence-electron chi connectivity index (χ3n) is 5.29. The third kappa shape index (κ3) is 5.54. The van der Waals surface area contributed by atoms with Gasteiger partial charge in [-0.1, -0.05) is 42.0 Å². The van der Waals surface area contributed by atoms with Gasteiger partial charge in [0.1, 0.15) is 5.82 Å². The highest BCUT2D eigenvalue weighted by Crippen LogP contribution is 2.25. The SMILES string of the molecule is C/C=C(\C)CN1CCC(n2nccc2NC(=O)CCc2ccccc2)CC1. The number of hydrogen-bond donors (Lipinski definition) is 1. The molecule has 1 fully saturated rings. The molecule has 2 aromatic rings. The summed E-state index contributed by atoms with van der Waals surface area (Å²) < 4.78 is 2.00. The number of aromatic nitrogens is 2. The fraction of sp³-hybridized carbons (Fsp3) is 0.455. The summed E-state index contributed by atoms with van der Waals surface area (Å²) in [5.41, 5.74) is 2.60. The summed E-state index contributed by atoms with van der Waals surface area (Å²) in [6.45, 7) is 7.46. The van der Waals surface area contributed by atoms with Crippen LogP contribution in [0.2, 0.25) is 0 Å². The van der Waals surface area contributed by atoms with E-state index >= 15 is 0 Å². The first kappa shape index (κ1) is 19.4. The predicted molar refractivity (Wildman–Crippen MR) is 110 cm³/mol. The molecular weight excluding hydrogens is 336 g/mol. The van der Waals surface area contributed by atoms with Gasteiger partial charge in [0.25, 0.3) is 0 Å². The van der Waals surface area contributed by atoms with E-state index in [1.165, 1.54) is 11.1 Å². The Morgan fingerprint density at radius 2 is 1.96 bits per heavy atom.